The Morgan fingerprint density at radius 1 is 1.04 bits per heavy atom. The highest BCUT2D eigenvalue weighted by Crippen LogP contribution is 2.38. The zero-order valence-corrected chi connectivity index (χ0v) is 30.7. The van der Waals surface area contributed by atoms with Crippen molar-refractivity contribution in [2.75, 3.05) is 58.5 Å². The van der Waals surface area contributed by atoms with E-state index in [0.29, 0.717) is 19.5 Å². The van der Waals surface area contributed by atoms with Crippen LogP contribution in [-0.4, -0.2) is 73.9 Å². The van der Waals surface area contributed by atoms with Crippen LogP contribution in [0.4, 0.5) is 10.1 Å². The van der Waals surface area contributed by atoms with Gasteiger partial charge in [-0.25, -0.2) is 0 Å². The molecule has 10 heteroatoms. The number of fused-ring (bicyclic) bond motifs is 1. The number of amides is 1. The number of benzene rings is 2. The van der Waals surface area contributed by atoms with E-state index in [2.05, 4.69) is 28.0 Å². The fourth-order valence-corrected chi connectivity index (χ4v) is 7.17. The highest BCUT2D eigenvalue weighted by Gasteiger charge is 2.31. The number of aromatic nitrogens is 1. The number of aryl methyl sites for hydroxylation is 1. The first-order valence-corrected chi connectivity index (χ1v) is 17.3. The molecule has 2 aliphatic rings. The second-order valence-corrected chi connectivity index (χ2v) is 14.3. The Hall–Kier alpha value is -4.62. The maximum absolute atomic E-state index is 13.5. The fraction of sp³-hybridized carbons (Fsp3) is 0.475. The Morgan fingerprint density at radius 2 is 1.74 bits per heavy atom. The normalized spacial score (nSPS) is 17.2. The fourth-order valence-electron chi connectivity index (χ4n) is 7.17. The lowest BCUT2D eigenvalue weighted by molar-refractivity contribution is -0.129. The highest BCUT2D eigenvalue weighted by molar-refractivity contribution is 5.97. The van der Waals surface area contributed by atoms with Gasteiger partial charge in [0.1, 0.15) is 23.1 Å². The summed E-state index contributed by atoms with van der Waals surface area (Å²) in [5, 5.41) is 9.75. The highest BCUT2D eigenvalue weighted by atomic mass is 19.1. The molecule has 5 rings (SSSR count). The number of nitriles is 1. The maximum Gasteiger partial charge on any atom is 0.264 e. The average Bonchev–Trinajstić information content (AvgIpc) is 3.36. The van der Waals surface area contributed by atoms with Crippen LogP contribution in [0.1, 0.15) is 61.1 Å². The number of nitrogens with zero attached hydrogens (tertiary/aromatic N) is 5. The minimum absolute atomic E-state index is 0.00338. The van der Waals surface area contributed by atoms with Gasteiger partial charge in [-0.1, -0.05) is 26.0 Å². The van der Waals surface area contributed by atoms with Crippen molar-refractivity contribution in [1.82, 2.24) is 14.4 Å². The van der Waals surface area contributed by atoms with Crippen molar-refractivity contribution in [1.29, 1.82) is 5.26 Å². The molecule has 0 spiro atoms. The van der Waals surface area contributed by atoms with Gasteiger partial charge in [0.25, 0.3) is 11.5 Å². The summed E-state index contributed by atoms with van der Waals surface area (Å²) in [6.07, 6.45) is 5.01. The van der Waals surface area contributed by atoms with Crippen molar-refractivity contribution in [3.63, 3.8) is 0 Å². The van der Waals surface area contributed by atoms with E-state index >= 15 is 0 Å². The van der Waals surface area contributed by atoms with E-state index < -0.39 is 12.1 Å². The van der Waals surface area contributed by atoms with Gasteiger partial charge >= 0.3 is 0 Å². The van der Waals surface area contributed by atoms with Gasteiger partial charge < -0.3 is 23.8 Å². The van der Waals surface area contributed by atoms with E-state index in [-0.39, 0.29) is 23.1 Å². The van der Waals surface area contributed by atoms with Crippen LogP contribution >= 0.6 is 0 Å². The molecular formula is C40H50FN5O4. The lowest BCUT2D eigenvalue weighted by Gasteiger charge is -2.36. The number of carbonyl (C=O) groups excluding carboxylic acids is 1. The average molecular weight is 684 g/mol. The van der Waals surface area contributed by atoms with E-state index in [0.717, 1.165) is 83.2 Å². The molecule has 0 N–H and O–H groups in total. The van der Waals surface area contributed by atoms with E-state index in [4.69, 9.17) is 9.47 Å². The van der Waals surface area contributed by atoms with E-state index in [1.165, 1.54) is 11.6 Å². The predicted molar refractivity (Wildman–Crippen MR) is 196 cm³/mol. The molecular weight excluding hydrogens is 633 g/mol. The van der Waals surface area contributed by atoms with E-state index in [1.54, 1.807) is 44.6 Å². The van der Waals surface area contributed by atoms with E-state index in [9.17, 15) is 19.2 Å². The molecule has 1 aromatic heterocycles. The van der Waals surface area contributed by atoms with Crippen molar-refractivity contribution >= 4 is 11.6 Å². The Bertz CT molecular complexity index is 1870. The molecule has 1 amide bonds. The molecule has 1 fully saturated rings. The van der Waals surface area contributed by atoms with Crippen molar-refractivity contribution < 1.29 is 18.7 Å². The van der Waals surface area contributed by atoms with Crippen LogP contribution < -0.4 is 19.9 Å². The molecule has 2 aromatic carbocycles. The summed E-state index contributed by atoms with van der Waals surface area (Å²) in [6.45, 7) is 13.2. The lowest BCUT2D eigenvalue weighted by atomic mass is 9.90. The zero-order valence-electron chi connectivity index (χ0n) is 30.7. The van der Waals surface area contributed by atoms with Crippen molar-refractivity contribution in [2.45, 2.75) is 60.0 Å². The Labute approximate surface area is 295 Å². The number of halogens is 1. The third kappa shape index (κ3) is 7.43. The van der Waals surface area contributed by atoms with Gasteiger partial charge in [0.2, 0.25) is 0 Å². The smallest absolute Gasteiger partial charge is 0.264 e. The molecule has 3 aromatic rings. The molecule has 1 saturated heterocycles. The first-order chi connectivity index (χ1) is 23.8. The number of hydrogen-bond acceptors (Lipinski definition) is 7. The topological polar surface area (TPSA) is 91.0 Å². The standard InChI is InChI=1S/C40H50FN5O4/c1-26-27(2)38(47)43(6)23-34(26)30-18-36(49-7)35(37(19-30)50-8)24-44-13-9-14-45(17-16-44)32-11-10-29-12-15-46(28(3)33(29)20-32)39(48)31(22-42)21-40(4,5)25-41/h10-11,18-21,23,28H,9,12-17,24-25H2,1-8H3. The number of carbonyl (C=O) groups is 1. The molecule has 1 atom stereocenters. The Kier molecular flexibility index (Phi) is 11.1. The number of ether oxygens (including phenoxy) is 2. The minimum atomic E-state index is -0.881. The van der Waals surface area contributed by atoms with Crippen LogP contribution in [0.5, 0.6) is 11.5 Å². The Balaban J connectivity index is 1.33. The van der Waals surface area contributed by atoms with Gasteiger partial charge in [-0.05, 0) is 80.1 Å². The molecule has 266 valence electrons. The number of rotatable bonds is 9. The van der Waals surface area contributed by atoms with Crippen LogP contribution in [0.25, 0.3) is 11.1 Å². The lowest BCUT2D eigenvalue weighted by Crippen LogP contribution is -2.40. The summed E-state index contributed by atoms with van der Waals surface area (Å²) < 4.78 is 27.0. The molecule has 0 saturated carbocycles. The summed E-state index contributed by atoms with van der Waals surface area (Å²) in [7, 11) is 5.13. The summed E-state index contributed by atoms with van der Waals surface area (Å²) in [5.41, 5.74) is 7.07. The quantitative estimate of drug-likeness (QED) is 0.194. The third-order valence-corrected chi connectivity index (χ3v) is 10.3. The first kappa shape index (κ1) is 36.7. The number of allylic oxidation sites excluding steroid dienone is 1. The second kappa shape index (κ2) is 15.1. The van der Waals surface area contributed by atoms with Crippen LogP contribution in [0.3, 0.4) is 0 Å². The molecule has 50 heavy (non-hydrogen) atoms. The maximum atomic E-state index is 13.5. The summed E-state index contributed by atoms with van der Waals surface area (Å²) in [4.78, 5) is 32.5. The van der Waals surface area contributed by atoms with Gasteiger partial charge in [0.05, 0.1) is 32.5 Å². The summed E-state index contributed by atoms with van der Waals surface area (Å²) >= 11 is 0. The van der Waals surface area contributed by atoms with Gasteiger partial charge in [-0.3, -0.25) is 18.9 Å². The minimum Gasteiger partial charge on any atom is -0.496 e. The van der Waals surface area contributed by atoms with Gasteiger partial charge in [-0.15, -0.1) is 0 Å². The first-order valence-electron chi connectivity index (χ1n) is 17.3. The molecule has 9 nitrogen and oxygen atoms in total. The third-order valence-electron chi connectivity index (χ3n) is 10.3. The molecule has 2 aliphatic heterocycles. The summed E-state index contributed by atoms with van der Waals surface area (Å²) in [6, 6.07) is 12.4. The number of hydrogen-bond donors (Lipinski definition) is 0. The van der Waals surface area contributed by atoms with Gasteiger partial charge in [-0.2, -0.15) is 5.26 Å². The number of alkyl halides is 1. The predicted octanol–water partition coefficient (Wildman–Crippen LogP) is 6.29. The van der Waals surface area contributed by atoms with Crippen LogP contribution in [0.15, 0.2) is 53.0 Å². The molecule has 0 radical (unpaired) electrons. The van der Waals surface area contributed by atoms with Crippen LogP contribution in [0, 0.1) is 30.6 Å². The van der Waals surface area contributed by atoms with Crippen LogP contribution in [0.2, 0.25) is 0 Å². The van der Waals surface area contributed by atoms with E-state index in [1.807, 2.05) is 45.2 Å². The van der Waals surface area contributed by atoms with Crippen molar-refractivity contribution in [3.05, 3.63) is 86.3 Å². The molecule has 0 aliphatic carbocycles. The van der Waals surface area contributed by atoms with Gasteiger partial charge in [0.15, 0.2) is 0 Å². The number of methoxy groups -OCH3 is 2. The largest absolute Gasteiger partial charge is 0.496 e. The zero-order chi connectivity index (χ0) is 36.3. The molecule has 0 bridgehead atoms. The summed E-state index contributed by atoms with van der Waals surface area (Å²) in [5.74, 6) is 1.15. The Morgan fingerprint density at radius 3 is 2.38 bits per heavy atom. The van der Waals surface area contributed by atoms with Crippen LogP contribution in [-0.2, 0) is 24.8 Å². The van der Waals surface area contributed by atoms with Crippen molar-refractivity contribution in [2.24, 2.45) is 12.5 Å². The molecule has 3 heterocycles. The number of pyridine rings is 1. The SMILES string of the molecule is COc1cc(-c2cn(C)c(=O)c(C)c2C)cc(OC)c1CN1CCCN(c2ccc3c(c2)C(C)N(C(=O)C(C#N)=CC(C)(C)CF)CC3)CC1. The second-order valence-electron chi connectivity index (χ2n) is 14.3. The number of anilines is 1. The molecule has 1 unspecified atom stereocenters. The van der Waals surface area contributed by atoms with Gasteiger partial charge in [0, 0.05) is 74.7 Å². The van der Waals surface area contributed by atoms with Crippen molar-refractivity contribution in [3.8, 4) is 28.7 Å². The monoisotopic (exact) mass is 683 g/mol.